The van der Waals surface area contributed by atoms with Crippen molar-refractivity contribution in [1.82, 2.24) is 4.98 Å². The van der Waals surface area contributed by atoms with Crippen LogP contribution in [0.5, 0.6) is 0 Å². The Balaban J connectivity index is 1.84. The fraction of sp³-hybridized carbons (Fsp3) is 0.308. The topological polar surface area (TPSA) is 48.1 Å². The fourth-order valence-electron chi connectivity index (χ4n) is 1.63. The maximum absolute atomic E-state index is 13.4. The lowest BCUT2D eigenvalue weighted by molar-refractivity contribution is 0.122. The number of thiazole rings is 1. The van der Waals surface area contributed by atoms with Gasteiger partial charge in [0, 0.05) is 22.5 Å². The molecule has 2 aromatic rings. The van der Waals surface area contributed by atoms with Crippen molar-refractivity contribution in [3.05, 3.63) is 45.7 Å². The molecular formula is C13H15FN2OS. The molecule has 3 nitrogen and oxygen atoms in total. The number of hydrogen-bond donors (Lipinski definition) is 1. The zero-order chi connectivity index (χ0) is 13.0. The predicted octanol–water partition coefficient (Wildman–Crippen LogP) is 2.93. The Morgan fingerprint density at radius 1 is 1.44 bits per heavy atom. The summed E-state index contributed by atoms with van der Waals surface area (Å²) in [4.78, 5) is 5.37. The molecule has 96 valence electrons. The number of anilines is 1. The van der Waals surface area contributed by atoms with E-state index in [1.807, 2.05) is 12.4 Å². The molecule has 0 aliphatic rings. The molecular weight excluding hydrogens is 251 g/mol. The maximum Gasteiger partial charge on any atom is 0.130 e. The Morgan fingerprint density at radius 2 is 2.28 bits per heavy atom. The fourth-order valence-corrected chi connectivity index (χ4v) is 2.40. The smallest absolute Gasteiger partial charge is 0.130 e. The minimum atomic E-state index is -0.316. The minimum absolute atomic E-state index is 0.205. The molecule has 18 heavy (non-hydrogen) atoms. The first-order chi connectivity index (χ1) is 8.68. The van der Waals surface area contributed by atoms with E-state index >= 15 is 0 Å². The SMILES string of the molecule is Cc1ncsc1CCOCc1c(N)cccc1F. The van der Waals surface area contributed by atoms with E-state index in [1.165, 1.54) is 10.9 Å². The van der Waals surface area contributed by atoms with Gasteiger partial charge in [0.15, 0.2) is 0 Å². The zero-order valence-corrected chi connectivity index (χ0v) is 11.0. The van der Waals surface area contributed by atoms with Gasteiger partial charge in [-0.25, -0.2) is 9.37 Å². The van der Waals surface area contributed by atoms with Gasteiger partial charge in [-0.15, -0.1) is 11.3 Å². The number of halogens is 1. The number of nitrogens with zero attached hydrogens (tertiary/aromatic N) is 1. The highest BCUT2D eigenvalue weighted by Crippen LogP contribution is 2.17. The van der Waals surface area contributed by atoms with E-state index in [4.69, 9.17) is 10.5 Å². The summed E-state index contributed by atoms with van der Waals surface area (Å²) >= 11 is 1.61. The first-order valence-corrected chi connectivity index (χ1v) is 6.56. The molecule has 5 heteroatoms. The summed E-state index contributed by atoms with van der Waals surface area (Å²) in [6, 6.07) is 4.66. The van der Waals surface area contributed by atoms with E-state index in [2.05, 4.69) is 4.98 Å². The Kier molecular flexibility index (Phi) is 4.28. The van der Waals surface area contributed by atoms with Crippen molar-refractivity contribution in [1.29, 1.82) is 0 Å². The van der Waals surface area contributed by atoms with E-state index in [0.29, 0.717) is 17.9 Å². The Bertz CT molecular complexity index is 507. The summed E-state index contributed by atoms with van der Waals surface area (Å²) in [5.41, 5.74) is 9.41. The van der Waals surface area contributed by atoms with Gasteiger partial charge in [-0.2, -0.15) is 0 Å². The van der Waals surface area contributed by atoms with Crippen LogP contribution in [0.25, 0.3) is 0 Å². The number of rotatable bonds is 5. The number of benzene rings is 1. The Hall–Kier alpha value is -1.46. The van der Waals surface area contributed by atoms with E-state index in [1.54, 1.807) is 23.5 Å². The van der Waals surface area contributed by atoms with Crippen LogP contribution in [0.3, 0.4) is 0 Å². The molecule has 0 spiro atoms. The molecule has 2 N–H and O–H groups in total. The third-order valence-electron chi connectivity index (χ3n) is 2.72. The van der Waals surface area contributed by atoms with Gasteiger partial charge in [0.2, 0.25) is 0 Å². The van der Waals surface area contributed by atoms with Gasteiger partial charge >= 0.3 is 0 Å². The number of nitrogen functional groups attached to an aromatic ring is 1. The number of ether oxygens (including phenoxy) is 1. The predicted molar refractivity (Wildman–Crippen MR) is 71.0 cm³/mol. The van der Waals surface area contributed by atoms with Gasteiger partial charge in [-0.05, 0) is 19.1 Å². The van der Waals surface area contributed by atoms with Gasteiger partial charge in [-0.3, -0.25) is 0 Å². The molecule has 1 heterocycles. The number of nitrogens with two attached hydrogens (primary N) is 1. The van der Waals surface area contributed by atoms with Crippen molar-refractivity contribution in [2.24, 2.45) is 0 Å². The highest BCUT2D eigenvalue weighted by Gasteiger charge is 2.06. The lowest BCUT2D eigenvalue weighted by Crippen LogP contribution is -2.03. The van der Waals surface area contributed by atoms with Crippen LogP contribution in [0.15, 0.2) is 23.7 Å². The van der Waals surface area contributed by atoms with E-state index < -0.39 is 0 Å². The molecule has 0 aliphatic carbocycles. The number of aromatic nitrogens is 1. The van der Waals surface area contributed by atoms with Crippen LogP contribution in [0.4, 0.5) is 10.1 Å². The molecule has 0 atom stereocenters. The van der Waals surface area contributed by atoms with Gasteiger partial charge in [-0.1, -0.05) is 6.07 Å². The molecule has 0 bridgehead atoms. The van der Waals surface area contributed by atoms with Crippen LogP contribution in [0, 0.1) is 12.7 Å². The molecule has 2 rings (SSSR count). The highest BCUT2D eigenvalue weighted by molar-refractivity contribution is 7.09. The average molecular weight is 266 g/mol. The summed E-state index contributed by atoms with van der Waals surface area (Å²) in [5, 5.41) is 0. The van der Waals surface area contributed by atoms with Gasteiger partial charge in [0.1, 0.15) is 5.82 Å². The van der Waals surface area contributed by atoms with Crippen LogP contribution in [-0.2, 0) is 17.8 Å². The molecule has 0 saturated carbocycles. The molecule has 0 fully saturated rings. The van der Waals surface area contributed by atoms with E-state index in [-0.39, 0.29) is 12.4 Å². The van der Waals surface area contributed by atoms with Gasteiger partial charge < -0.3 is 10.5 Å². The number of hydrogen-bond acceptors (Lipinski definition) is 4. The third-order valence-corrected chi connectivity index (χ3v) is 3.71. The van der Waals surface area contributed by atoms with Crippen molar-refractivity contribution in [2.75, 3.05) is 12.3 Å². The first-order valence-electron chi connectivity index (χ1n) is 5.68. The monoisotopic (exact) mass is 266 g/mol. The van der Waals surface area contributed by atoms with Crippen molar-refractivity contribution >= 4 is 17.0 Å². The van der Waals surface area contributed by atoms with Crippen molar-refractivity contribution in [3.63, 3.8) is 0 Å². The lowest BCUT2D eigenvalue weighted by atomic mass is 10.2. The second-order valence-electron chi connectivity index (χ2n) is 3.97. The molecule has 0 unspecified atom stereocenters. The second kappa shape index (κ2) is 5.93. The summed E-state index contributed by atoms with van der Waals surface area (Å²) in [6.45, 7) is 2.72. The van der Waals surface area contributed by atoms with Crippen LogP contribution >= 0.6 is 11.3 Å². The first kappa shape index (κ1) is 13.0. The molecule has 0 radical (unpaired) electrons. The third kappa shape index (κ3) is 3.05. The summed E-state index contributed by atoms with van der Waals surface area (Å²) in [7, 11) is 0. The lowest BCUT2D eigenvalue weighted by Gasteiger charge is -2.07. The van der Waals surface area contributed by atoms with E-state index in [9.17, 15) is 4.39 Å². The van der Waals surface area contributed by atoms with Gasteiger partial charge in [0.25, 0.3) is 0 Å². The second-order valence-corrected chi connectivity index (χ2v) is 4.91. The molecule has 0 saturated heterocycles. The molecule has 1 aromatic heterocycles. The van der Waals surface area contributed by atoms with Crippen LogP contribution in [-0.4, -0.2) is 11.6 Å². The van der Waals surface area contributed by atoms with Crippen LogP contribution in [0.1, 0.15) is 16.1 Å². The van der Waals surface area contributed by atoms with Crippen molar-refractivity contribution in [3.8, 4) is 0 Å². The van der Waals surface area contributed by atoms with Gasteiger partial charge in [0.05, 0.1) is 24.4 Å². The van der Waals surface area contributed by atoms with Crippen LogP contribution in [0.2, 0.25) is 0 Å². The Morgan fingerprint density at radius 3 is 2.94 bits per heavy atom. The normalized spacial score (nSPS) is 10.8. The largest absolute Gasteiger partial charge is 0.398 e. The van der Waals surface area contributed by atoms with Crippen molar-refractivity contribution in [2.45, 2.75) is 20.0 Å². The van der Waals surface area contributed by atoms with E-state index in [0.717, 1.165) is 12.1 Å². The standard InChI is InChI=1S/C13H15FN2OS/c1-9-13(18-8-16-9)5-6-17-7-10-11(14)3-2-4-12(10)15/h2-4,8H,5-7,15H2,1H3. The zero-order valence-electron chi connectivity index (χ0n) is 10.1. The van der Waals surface area contributed by atoms with Crippen LogP contribution < -0.4 is 5.73 Å². The quantitative estimate of drug-likeness (QED) is 0.668. The highest BCUT2D eigenvalue weighted by atomic mass is 32.1. The minimum Gasteiger partial charge on any atom is -0.398 e. The molecule has 0 aliphatic heterocycles. The average Bonchev–Trinajstić information content (AvgIpc) is 2.73. The summed E-state index contributed by atoms with van der Waals surface area (Å²) in [5.74, 6) is -0.316. The molecule has 1 aromatic carbocycles. The Labute approximate surface area is 109 Å². The van der Waals surface area contributed by atoms with Crippen molar-refractivity contribution < 1.29 is 9.13 Å². The summed E-state index contributed by atoms with van der Waals surface area (Å²) < 4.78 is 18.9. The maximum atomic E-state index is 13.4. The molecule has 0 amide bonds. The summed E-state index contributed by atoms with van der Waals surface area (Å²) in [6.07, 6.45) is 0.796. The number of aryl methyl sites for hydroxylation is 1.